The van der Waals surface area contributed by atoms with Gasteiger partial charge in [-0.1, -0.05) is 11.2 Å². The van der Waals surface area contributed by atoms with Crippen molar-refractivity contribution in [1.29, 1.82) is 0 Å². The van der Waals surface area contributed by atoms with Crippen molar-refractivity contribution in [3.63, 3.8) is 0 Å². The van der Waals surface area contributed by atoms with E-state index in [0.717, 1.165) is 18.7 Å². The zero-order valence-corrected chi connectivity index (χ0v) is 11.6. The number of nitrogens with zero attached hydrogens (tertiary/aromatic N) is 2. The SMILES string of the molecule is CN1CCCC1CNCc1ccc(F)cc1/C(N)=N/O. The average molecular weight is 280 g/mol. The van der Waals surface area contributed by atoms with Crippen LogP contribution in [-0.2, 0) is 6.54 Å². The summed E-state index contributed by atoms with van der Waals surface area (Å²) in [5, 5.41) is 15.1. The monoisotopic (exact) mass is 280 g/mol. The molecular weight excluding hydrogens is 259 g/mol. The number of oxime groups is 1. The van der Waals surface area contributed by atoms with Gasteiger partial charge in [0.1, 0.15) is 5.82 Å². The van der Waals surface area contributed by atoms with Crippen LogP contribution in [0.3, 0.4) is 0 Å². The highest BCUT2D eigenvalue weighted by molar-refractivity contribution is 5.98. The van der Waals surface area contributed by atoms with Gasteiger partial charge >= 0.3 is 0 Å². The highest BCUT2D eigenvalue weighted by atomic mass is 19.1. The lowest BCUT2D eigenvalue weighted by molar-refractivity contribution is 0.300. The van der Waals surface area contributed by atoms with E-state index < -0.39 is 5.82 Å². The van der Waals surface area contributed by atoms with E-state index in [4.69, 9.17) is 10.9 Å². The van der Waals surface area contributed by atoms with Gasteiger partial charge in [0.05, 0.1) is 0 Å². The van der Waals surface area contributed by atoms with Crippen molar-refractivity contribution < 1.29 is 9.60 Å². The first-order valence-corrected chi connectivity index (χ1v) is 6.79. The Balaban J connectivity index is 1.98. The van der Waals surface area contributed by atoms with Gasteiger partial charge in [-0.25, -0.2) is 4.39 Å². The van der Waals surface area contributed by atoms with Gasteiger partial charge in [-0.05, 0) is 44.1 Å². The Morgan fingerprint density at radius 3 is 3.05 bits per heavy atom. The van der Waals surface area contributed by atoms with E-state index in [1.807, 2.05) is 0 Å². The van der Waals surface area contributed by atoms with Crippen LogP contribution in [0.4, 0.5) is 4.39 Å². The van der Waals surface area contributed by atoms with E-state index in [2.05, 4.69) is 22.4 Å². The molecule has 0 aromatic heterocycles. The number of hydrogen-bond donors (Lipinski definition) is 3. The number of likely N-dealkylation sites (tertiary alicyclic amines) is 1. The highest BCUT2D eigenvalue weighted by Gasteiger charge is 2.20. The molecule has 0 radical (unpaired) electrons. The second-order valence-electron chi connectivity index (χ2n) is 5.19. The highest BCUT2D eigenvalue weighted by Crippen LogP contribution is 2.15. The van der Waals surface area contributed by atoms with Gasteiger partial charge in [0.15, 0.2) is 5.84 Å². The summed E-state index contributed by atoms with van der Waals surface area (Å²) in [7, 11) is 2.12. The minimum atomic E-state index is -0.397. The molecule has 1 atom stereocenters. The molecule has 0 saturated carbocycles. The molecule has 1 aromatic carbocycles. The lowest BCUT2D eigenvalue weighted by Gasteiger charge is -2.20. The zero-order valence-electron chi connectivity index (χ0n) is 11.6. The van der Waals surface area contributed by atoms with Crippen molar-refractivity contribution >= 4 is 5.84 Å². The normalized spacial score (nSPS) is 20.5. The number of nitrogens with two attached hydrogens (primary N) is 1. The molecule has 1 unspecified atom stereocenters. The molecule has 20 heavy (non-hydrogen) atoms. The Morgan fingerprint density at radius 1 is 1.60 bits per heavy atom. The molecule has 2 rings (SSSR count). The zero-order chi connectivity index (χ0) is 14.5. The number of rotatable bonds is 5. The predicted octanol–water partition coefficient (Wildman–Crippen LogP) is 1.10. The van der Waals surface area contributed by atoms with Crippen LogP contribution in [0.1, 0.15) is 24.0 Å². The number of benzene rings is 1. The van der Waals surface area contributed by atoms with Crippen molar-refractivity contribution in [3.05, 3.63) is 35.1 Å². The number of hydrogen-bond acceptors (Lipinski definition) is 4. The molecule has 1 aliphatic heterocycles. The second kappa shape index (κ2) is 6.67. The van der Waals surface area contributed by atoms with Crippen LogP contribution in [0.25, 0.3) is 0 Å². The summed E-state index contributed by atoms with van der Waals surface area (Å²) in [4.78, 5) is 2.34. The molecule has 0 aliphatic carbocycles. The van der Waals surface area contributed by atoms with Crippen molar-refractivity contribution in [3.8, 4) is 0 Å². The molecule has 4 N–H and O–H groups in total. The summed E-state index contributed by atoms with van der Waals surface area (Å²) in [6, 6.07) is 4.87. The topological polar surface area (TPSA) is 73.9 Å². The lowest BCUT2D eigenvalue weighted by Crippen LogP contribution is -2.35. The summed E-state index contributed by atoms with van der Waals surface area (Å²) in [6.45, 7) is 2.58. The van der Waals surface area contributed by atoms with Crippen LogP contribution < -0.4 is 11.1 Å². The summed E-state index contributed by atoms with van der Waals surface area (Å²) in [5.41, 5.74) is 6.83. The van der Waals surface area contributed by atoms with E-state index in [1.165, 1.54) is 25.0 Å². The second-order valence-corrected chi connectivity index (χ2v) is 5.19. The summed E-state index contributed by atoms with van der Waals surface area (Å²) in [5.74, 6) is -0.467. The molecule has 1 saturated heterocycles. The maximum Gasteiger partial charge on any atom is 0.170 e. The van der Waals surface area contributed by atoms with Crippen molar-refractivity contribution in [1.82, 2.24) is 10.2 Å². The summed E-state index contributed by atoms with van der Waals surface area (Å²) >= 11 is 0. The van der Waals surface area contributed by atoms with Crippen LogP contribution >= 0.6 is 0 Å². The first-order valence-electron chi connectivity index (χ1n) is 6.79. The molecule has 1 fully saturated rings. The van der Waals surface area contributed by atoms with Crippen LogP contribution in [0.5, 0.6) is 0 Å². The molecule has 0 spiro atoms. The predicted molar refractivity (Wildman–Crippen MR) is 76.3 cm³/mol. The van der Waals surface area contributed by atoms with Gasteiger partial charge in [0, 0.05) is 24.7 Å². The smallest absolute Gasteiger partial charge is 0.170 e. The third-order valence-corrected chi connectivity index (χ3v) is 3.82. The molecule has 1 aromatic rings. The Morgan fingerprint density at radius 2 is 2.40 bits per heavy atom. The van der Waals surface area contributed by atoms with E-state index in [-0.39, 0.29) is 5.84 Å². The van der Waals surface area contributed by atoms with E-state index in [0.29, 0.717) is 18.2 Å². The number of amidine groups is 1. The summed E-state index contributed by atoms with van der Waals surface area (Å²) in [6.07, 6.45) is 2.43. The molecule has 6 heteroatoms. The Labute approximate surface area is 118 Å². The lowest BCUT2D eigenvalue weighted by atomic mass is 10.1. The fourth-order valence-electron chi connectivity index (χ4n) is 2.61. The van der Waals surface area contributed by atoms with Crippen molar-refractivity contribution in [2.45, 2.75) is 25.4 Å². The molecule has 1 heterocycles. The maximum atomic E-state index is 13.2. The molecule has 110 valence electrons. The van der Waals surface area contributed by atoms with E-state index >= 15 is 0 Å². The minimum absolute atomic E-state index is 0.0701. The van der Waals surface area contributed by atoms with Crippen molar-refractivity contribution in [2.75, 3.05) is 20.1 Å². The van der Waals surface area contributed by atoms with Crippen molar-refractivity contribution in [2.24, 2.45) is 10.9 Å². The average Bonchev–Trinajstić information content (AvgIpc) is 2.85. The number of likely N-dealkylation sites (N-methyl/N-ethyl adjacent to an activating group) is 1. The molecule has 0 amide bonds. The van der Waals surface area contributed by atoms with Crippen LogP contribution in [0.15, 0.2) is 23.4 Å². The van der Waals surface area contributed by atoms with E-state index in [9.17, 15) is 4.39 Å². The fourth-order valence-corrected chi connectivity index (χ4v) is 2.61. The van der Waals surface area contributed by atoms with Crippen LogP contribution in [0.2, 0.25) is 0 Å². The first kappa shape index (κ1) is 14.7. The Bertz CT molecular complexity index is 492. The quantitative estimate of drug-likeness (QED) is 0.327. The molecule has 1 aliphatic rings. The van der Waals surface area contributed by atoms with Gasteiger partial charge in [0.25, 0.3) is 0 Å². The van der Waals surface area contributed by atoms with Crippen LogP contribution in [0, 0.1) is 5.82 Å². The fraction of sp³-hybridized carbons (Fsp3) is 0.500. The number of nitrogens with one attached hydrogen (secondary N) is 1. The van der Waals surface area contributed by atoms with Gasteiger partial charge in [-0.3, -0.25) is 0 Å². The standard InChI is InChI=1S/C14H21FN4O/c1-19-6-2-3-12(19)9-17-8-10-4-5-11(15)7-13(10)14(16)18-20/h4-5,7,12,17,20H,2-3,6,8-9H2,1H3,(H2,16,18). The minimum Gasteiger partial charge on any atom is -0.409 e. The molecular formula is C14H21FN4O. The Kier molecular flexibility index (Phi) is 4.92. The van der Waals surface area contributed by atoms with Gasteiger partial charge < -0.3 is 21.2 Å². The summed E-state index contributed by atoms with van der Waals surface area (Å²) < 4.78 is 13.2. The van der Waals surface area contributed by atoms with Gasteiger partial charge in [-0.15, -0.1) is 0 Å². The molecule has 5 nitrogen and oxygen atoms in total. The van der Waals surface area contributed by atoms with Gasteiger partial charge in [0.2, 0.25) is 0 Å². The maximum absolute atomic E-state index is 13.2. The largest absolute Gasteiger partial charge is 0.409 e. The third kappa shape index (κ3) is 3.46. The number of halogens is 1. The van der Waals surface area contributed by atoms with Crippen LogP contribution in [-0.4, -0.2) is 42.1 Å². The van der Waals surface area contributed by atoms with Gasteiger partial charge in [-0.2, -0.15) is 0 Å². The third-order valence-electron chi connectivity index (χ3n) is 3.82. The molecule has 0 bridgehead atoms. The first-order chi connectivity index (χ1) is 9.61. The Hall–Kier alpha value is -1.66. The van der Waals surface area contributed by atoms with E-state index in [1.54, 1.807) is 6.07 Å².